The molecule has 0 spiro atoms. The highest BCUT2D eigenvalue weighted by Gasteiger charge is 2.18. The fourth-order valence-electron chi connectivity index (χ4n) is 2.08. The second-order valence-corrected chi connectivity index (χ2v) is 6.78. The highest BCUT2D eigenvalue weighted by atomic mass is 35.5. The second-order valence-electron chi connectivity index (χ2n) is 4.55. The lowest BCUT2D eigenvalue weighted by Gasteiger charge is -2.08. The fraction of sp³-hybridized carbons (Fsp3) is 0.357. The molecule has 1 aromatic carbocycles. The van der Waals surface area contributed by atoms with Gasteiger partial charge in [0, 0.05) is 17.3 Å². The molecule has 4 nitrogen and oxygen atoms in total. The van der Waals surface area contributed by atoms with Crippen LogP contribution in [0, 0.1) is 0 Å². The van der Waals surface area contributed by atoms with Crippen LogP contribution in [0.25, 0.3) is 0 Å². The minimum atomic E-state index is -1.29. The molecule has 1 unspecified atom stereocenters. The van der Waals surface area contributed by atoms with Crippen molar-refractivity contribution in [2.75, 3.05) is 5.73 Å². The Labute approximate surface area is 136 Å². The lowest BCUT2D eigenvalue weighted by molar-refractivity contribution is 0.623. The number of hydrogen-bond acceptors (Lipinski definition) is 3. The van der Waals surface area contributed by atoms with Gasteiger partial charge in [0.05, 0.1) is 37.9 Å². The van der Waals surface area contributed by atoms with Gasteiger partial charge in [0.2, 0.25) is 0 Å². The summed E-state index contributed by atoms with van der Waals surface area (Å²) in [5.74, 6) is 0.283. The number of hydrogen-bond donors (Lipinski definition) is 1. The van der Waals surface area contributed by atoms with Crippen molar-refractivity contribution in [2.45, 2.75) is 37.5 Å². The van der Waals surface area contributed by atoms with E-state index in [1.165, 1.54) is 0 Å². The standard InChI is InChI=1S/C14H17Cl2N3OS/c1-3-11-14(16)12(19(4-2)18-11)8-21(20)13-6-5-9(15)7-10(13)17/h5-7H,3-4,8,17H2,1-2H3. The van der Waals surface area contributed by atoms with E-state index in [1.54, 1.807) is 22.9 Å². The zero-order chi connectivity index (χ0) is 15.6. The van der Waals surface area contributed by atoms with E-state index in [2.05, 4.69) is 5.10 Å². The number of nitrogen functional groups attached to an aromatic ring is 1. The number of rotatable bonds is 5. The van der Waals surface area contributed by atoms with Gasteiger partial charge in [0.1, 0.15) is 0 Å². The van der Waals surface area contributed by atoms with E-state index < -0.39 is 10.8 Å². The maximum Gasteiger partial charge on any atom is 0.0859 e. The summed E-state index contributed by atoms with van der Waals surface area (Å²) >= 11 is 12.2. The van der Waals surface area contributed by atoms with Crippen LogP contribution in [0.15, 0.2) is 23.1 Å². The van der Waals surface area contributed by atoms with E-state index in [4.69, 9.17) is 28.9 Å². The summed E-state index contributed by atoms with van der Waals surface area (Å²) in [6, 6.07) is 4.97. The summed E-state index contributed by atoms with van der Waals surface area (Å²) in [5, 5.41) is 5.55. The summed E-state index contributed by atoms with van der Waals surface area (Å²) in [4.78, 5) is 0.567. The molecule has 7 heteroatoms. The monoisotopic (exact) mass is 345 g/mol. The number of nitrogens with zero attached hydrogens (tertiary/aromatic N) is 2. The van der Waals surface area contributed by atoms with E-state index in [1.807, 2.05) is 13.8 Å². The van der Waals surface area contributed by atoms with Gasteiger partial charge in [-0.25, -0.2) is 0 Å². The smallest absolute Gasteiger partial charge is 0.0859 e. The quantitative estimate of drug-likeness (QED) is 0.841. The molecule has 0 saturated heterocycles. The van der Waals surface area contributed by atoms with Crippen molar-refractivity contribution < 1.29 is 4.21 Å². The first-order valence-electron chi connectivity index (χ1n) is 6.65. The van der Waals surface area contributed by atoms with E-state index >= 15 is 0 Å². The second kappa shape index (κ2) is 6.81. The predicted octanol–water partition coefficient (Wildman–Crippen LogP) is 3.66. The average Bonchev–Trinajstić information content (AvgIpc) is 2.75. The van der Waals surface area contributed by atoms with Gasteiger partial charge in [-0.15, -0.1) is 0 Å². The van der Waals surface area contributed by atoms with Gasteiger partial charge in [0.25, 0.3) is 0 Å². The summed E-state index contributed by atoms with van der Waals surface area (Å²) in [6.07, 6.45) is 0.745. The number of nitrogens with two attached hydrogens (primary N) is 1. The van der Waals surface area contributed by atoms with Gasteiger partial charge < -0.3 is 5.73 Å². The normalized spacial score (nSPS) is 12.6. The molecule has 1 aromatic heterocycles. The van der Waals surface area contributed by atoms with E-state index in [9.17, 15) is 4.21 Å². The Morgan fingerprint density at radius 2 is 2.05 bits per heavy atom. The topological polar surface area (TPSA) is 60.9 Å². The fourth-order valence-corrected chi connectivity index (χ4v) is 3.92. The molecular formula is C14H17Cl2N3OS. The Hall–Kier alpha value is -1.04. The van der Waals surface area contributed by atoms with E-state index in [0.29, 0.717) is 27.2 Å². The summed E-state index contributed by atoms with van der Waals surface area (Å²) in [7, 11) is -1.29. The van der Waals surface area contributed by atoms with Crippen LogP contribution in [0.1, 0.15) is 25.2 Å². The third-order valence-corrected chi connectivity index (χ3v) is 5.25. The molecule has 0 aliphatic rings. The molecule has 0 amide bonds. The minimum absolute atomic E-state index is 0.283. The van der Waals surface area contributed by atoms with Gasteiger partial charge in [-0.1, -0.05) is 30.1 Å². The summed E-state index contributed by atoms with van der Waals surface area (Å²) in [5.41, 5.74) is 7.92. The van der Waals surface area contributed by atoms with E-state index in [0.717, 1.165) is 17.8 Å². The Morgan fingerprint density at radius 1 is 1.33 bits per heavy atom. The van der Waals surface area contributed by atoms with Crippen molar-refractivity contribution in [1.29, 1.82) is 0 Å². The van der Waals surface area contributed by atoms with Crippen LogP contribution in [0.2, 0.25) is 10.0 Å². The van der Waals surface area contributed by atoms with Crippen LogP contribution in [0.4, 0.5) is 5.69 Å². The van der Waals surface area contributed by atoms with Crippen LogP contribution in [-0.2, 0) is 29.5 Å². The van der Waals surface area contributed by atoms with Gasteiger partial charge in [0.15, 0.2) is 0 Å². The molecule has 2 aromatic rings. The molecule has 0 fully saturated rings. The molecule has 0 bridgehead atoms. The Kier molecular flexibility index (Phi) is 5.30. The third-order valence-electron chi connectivity index (χ3n) is 3.18. The molecule has 0 saturated carbocycles. The molecule has 21 heavy (non-hydrogen) atoms. The first-order chi connectivity index (χ1) is 9.97. The highest BCUT2D eigenvalue weighted by Crippen LogP contribution is 2.27. The SMILES string of the molecule is CCc1nn(CC)c(CS(=O)c2ccc(Cl)cc2N)c1Cl. The van der Waals surface area contributed by atoms with Crippen molar-refractivity contribution in [3.05, 3.63) is 39.6 Å². The van der Waals surface area contributed by atoms with Crippen LogP contribution in [0.5, 0.6) is 0 Å². The van der Waals surface area contributed by atoms with Crippen molar-refractivity contribution in [2.24, 2.45) is 0 Å². The molecule has 2 N–H and O–H groups in total. The molecule has 0 aliphatic heterocycles. The molecule has 1 heterocycles. The number of anilines is 1. The first-order valence-corrected chi connectivity index (χ1v) is 8.72. The number of aryl methyl sites for hydroxylation is 2. The molecule has 2 rings (SSSR count). The van der Waals surface area contributed by atoms with Crippen LogP contribution in [-0.4, -0.2) is 14.0 Å². The lowest BCUT2D eigenvalue weighted by atomic mass is 10.3. The Bertz CT molecular complexity index is 685. The van der Waals surface area contributed by atoms with Crippen LogP contribution < -0.4 is 5.73 Å². The largest absolute Gasteiger partial charge is 0.398 e. The lowest BCUT2D eigenvalue weighted by Crippen LogP contribution is -2.07. The van der Waals surface area contributed by atoms with Gasteiger partial charge in [-0.3, -0.25) is 8.89 Å². The number of aromatic nitrogens is 2. The Balaban J connectivity index is 2.33. The summed E-state index contributed by atoms with van der Waals surface area (Å²) < 4.78 is 14.3. The Morgan fingerprint density at radius 3 is 2.62 bits per heavy atom. The predicted molar refractivity (Wildman–Crippen MR) is 88.3 cm³/mol. The van der Waals surface area contributed by atoms with Crippen molar-refractivity contribution in [3.63, 3.8) is 0 Å². The highest BCUT2D eigenvalue weighted by molar-refractivity contribution is 7.84. The first kappa shape index (κ1) is 16.3. The maximum absolute atomic E-state index is 12.6. The van der Waals surface area contributed by atoms with Crippen molar-refractivity contribution >= 4 is 39.7 Å². The number of halogens is 2. The maximum atomic E-state index is 12.6. The van der Waals surface area contributed by atoms with Gasteiger partial charge >= 0.3 is 0 Å². The minimum Gasteiger partial charge on any atom is -0.398 e. The molecular weight excluding hydrogens is 329 g/mol. The molecule has 1 atom stereocenters. The van der Waals surface area contributed by atoms with Crippen molar-refractivity contribution in [3.8, 4) is 0 Å². The molecule has 0 aliphatic carbocycles. The van der Waals surface area contributed by atoms with Crippen molar-refractivity contribution in [1.82, 2.24) is 9.78 Å². The zero-order valence-electron chi connectivity index (χ0n) is 11.9. The zero-order valence-corrected chi connectivity index (χ0v) is 14.2. The average molecular weight is 346 g/mol. The molecule has 114 valence electrons. The molecule has 0 radical (unpaired) electrons. The summed E-state index contributed by atoms with van der Waals surface area (Å²) in [6.45, 7) is 4.65. The van der Waals surface area contributed by atoms with Gasteiger partial charge in [-0.05, 0) is 31.5 Å². The van der Waals surface area contributed by atoms with Gasteiger partial charge in [-0.2, -0.15) is 5.10 Å². The number of benzene rings is 1. The van der Waals surface area contributed by atoms with E-state index in [-0.39, 0.29) is 5.75 Å². The van der Waals surface area contributed by atoms with Crippen LogP contribution >= 0.6 is 23.2 Å². The van der Waals surface area contributed by atoms with Crippen LogP contribution in [0.3, 0.4) is 0 Å². The third kappa shape index (κ3) is 3.42.